The fourth-order valence-electron chi connectivity index (χ4n) is 5.34. The molecule has 0 aromatic rings. The molecule has 3 nitrogen and oxygen atoms in total. The van der Waals surface area contributed by atoms with Crippen LogP contribution in [0.4, 0.5) is 0 Å². The van der Waals surface area contributed by atoms with Gasteiger partial charge in [0.15, 0.2) is 0 Å². The molecular formula is C31H63NO2P+. The normalized spacial score (nSPS) is 14.5. The fourth-order valence-corrected chi connectivity index (χ4v) is 6.58. The van der Waals surface area contributed by atoms with Gasteiger partial charge in [0.05, 0.1) is 21.1 Å². The number of quaternary nitrogens is 1. The average Bonchev–Trinajstić information content (AvgIpc) is 2.80. The third-order valence-electron chi connectivity index (χ3n) is 7.83. The van der Waals surface area contributed by atoms with Gasteiger partial charge in [0, 0.05) is 12.8 Å². The quantitative estimate of drug-likeness (QED) is 0.0500. The summed E-state index contributed by atoms with van der Waals surface area (Å²) in [4.78, 5) is 12.1. The molecule has 35 heavy (non-hydrogen) atoms. The van der Waals surface area contributed by atoms with E-state index >= 15 is 0 Å². The van der Waals surface area contributed by atoms with Crippen LogP contribution < -0.4 is 4.89 Å². The minimum absolute atomic E-state index is 0.513. The number of hydrogen-bond acceptors (Lipinski definition) is 2. The summed E-state index contributed by atoms with van der Waals surface area (Å²) < 4.78 is 12.6. The summed E-state index contributed by atoms with van der Waals surface area (Å²) in [6.07, 6.45) is 34.1. The maximum absolute atomic E-state index is 12.1. The second kappa shape index (κ2) is 22.9. The monoisotopic (exact) mass is 512 g/mol. The SMILES string of the molecule is CCCCCCCCCCCCCCCCC/C=C\CCCCCC(CCC)([P+](=O)[O-])[N+](C)(C)C. The maximum Gasteiger partial charge on any atom is 0.376 e. The van der Waals surface area contributed by atoms with E-state index in [1.165, 1.54) is 109 Å². The van der Waals surface area contributed by atoms with Crippen molar-refractivity contribution >= 4 is 8.03 Å². The van der Waals surface area contributed by atoms with E-state index in [0.29, 0.717) is 4.48 Å². The second-order valence-corrected chi connectivity index (χ2v) is 13.2. The molecule has 0 N–H and O–H groups in total. The van der Waals surface area contributed by atoms with Crippen LogP contribution in [0.2, 0.25) is 0 Å². The molecule has 0 rings (SSSR count). The summed E-state index contributed by atoms with van der Waals surface area (Å²) in [5.74, 6) is 0. The van der Waals surface area contributed by atoms with Gasteiger partial charge < -0.3 is 4.89 Å². The van der Waals surface area contributed by atoms with Gasteiger partial charge in [0.1, 0.15) is 0 Å². The van der Waals surface area contributed by atoms with Gasteiger partial charge in [-0.15, -0.1) is 0 Å². The highest BCUT2D eigenvalue weighted by Crippen LogP contribution is 2.45. The Kier molecular flexibility index (Phi) is 22.8. The molecule has 0 spiro atoms. The Labute approximate surface area is 222 Å². The summed E-state index contributed by atoms with van der Waals surface area (Å²) in [7, 11) is 3.66. The number of allylic oxidation sites excluding steroid dienone is 2. The first-order chi connectivity index (χ1) is 16.8. The lowest BCUT2D eigenvalue weighted by molar-refractivity contribution is -0.910. The lowest BCUT2D eigenvalue weighted by Gasteiger charge is -2.39. The van der Waals surface area contributed by atoms with Crippen LogP contribution in [-0.4, -0.2) is 30.9 Å². The molecule has 0 aromatic carbocycles. The topological polar surface area (TPSA) is 40.1 Å². The highest BCUT2D eigenvalue weighted by molar-refractivity contribution is 7.38. The molecule has 0 aromatic heterocycles. The molecule has 0 aliphatic heterocycles. The molecule has 0 aliphatic carbocycles. The van der Waals surface area contributed by atoms with Gasteiger partial charge >= 0.3 is 8.03 Å². The van der Waals surface area contributed by atoms with Crippen LogP contribution in [-0.2, 0) is 4.57 Å². The van der Waals surface area contributed by atoms with Crippen molar-refractivity contribution < 1.29 is 13.9 Å². The summed E-state index contributed by atoms with van der Waals surface area (Å²) in [6, 6.07) is 0. The number of unbranched alkanes of at least 4 members (excludes halogenated alkanes) is 18. The van der Waals surface area contributed by atoms with Crippen molar-refractivity contribution in [2.75, 3.05) is 21.1 Å². The van der Waals surface area contributed by atoms with Crippen LogP contribution in [0.25, 0.3) is 0 Å². The molecule has 0 saturated carbocycles. The van der Waals surface area contributed by atoms with E-state index in [2.05, 4.69) is 26.0 Å². The molecular weight excluding hydrogens is 449 g/mol. The van der Waals surface area contributed by atoms with Crippen molar-refractivity contribution in [1.82, 2.24) is 0 Å². The van der Waals surface area contributed by atoms with Crippen molar-refractivity contribution in [3.05, 3.63) is 12.2 Å². The Morgan fingerprint density at radius 2 is 0.943 bits per heavy atom. The van der Waals surface area contributed by atoms with Crippen LogP contribution in [0, 0.1) is 0 Å². The zero-order valence-corrected chi connectivity index (χ0v) is 25.5. The van der Waals surface area contributed by atoms with Gasteiger partial charge in [0.2, 0.25) is 0 Å². The average molecular weight is 513 g/mol. The van der Waals surface area contributed by atoms with Crippen LogP contribution in [0.1, 0.15) is 162 Å². The molecule has 0 saturated heterocycles. The van der Waals surface area contributed by atoms with Gasteiger partial charge in [-0.05, 0) is 38.5 Å². The van der Waals surface area contributed by atoms with Crippen molar-refractivity contribution in [2.24, 2.45) is 0 Å². The minimum atomic E-state index is -2.43. The van der Waals surface area contributed by atoms with Crippen LogP contribution in [0.3, 0.4) is 0 Å². The predicted octanol–water partition coefficient (Wildman–Crippen LogP) is 10.1. The summed E-state index contributed by atoms with van der Waals surface area (Å²) in [5, 5.41) is -0.604. The zero-order chi connectivity index (χ0) is 26.3. The van der Waals surface area contributed by atoms with E-state index in [4.69, 9.17) is 0 Å². The van der Waals surface area contributed by atoms with Crippen LogP contribution in [0.5, 0.6) is 0 Å². The highest BCUT2D eigenvalue weighted by atomic mass is 31.1. The molecule has 4 heteroatoms. The standard InChI is InChI=1S/C31H63NO2P/c1-6-8-9-10-11-12-13-14-15-16-17-18-19-20-21-22-23-24-25-26-27-28-30-31(29-7-2,35(33)34)32(3,4)5/h23-24H,6-22,25-30H2,1-5H3/q+1/b24-23-. The summed E-state index contributed by atoms with van der Waals surface area (Å²) in [6.45, 7) is 4.38. The first-order valence-corrected chi connectivity index (χ1v) is 16.6. The van der Waals surface area contributed by atoms with E-state index in [1.54, 1.807) is 0 Å². The summed E-state index contributed by atoms with van der Waals surface area (Å²) in [5.41, 5.74) is 0. The molecule has 208 valence electrons. The predicted molar refractivity (Wildman–Crippen MR) is 155 cm³/mol. The third-order valence-corrected chi connectivity index (χ3v) is 9.55. The largest absolute Gasteiger partial charge is 0.590 e. The van der Waals surface area contributed by atoms with E-state index in [0.717, 1.165) is 38.5 Å². The molecule has 0 aliphatic rings. The molecule has 0 bridgehead atoms. The second-order valence-electron chi connectivity index (χ2n) is 11.8. The van der Waals surface area contributed by atoms with Gasteiger partial charge in [-0.25, -0.2) is 0 Å². The van der Waals surface area contributed by atoms with Crippen LogP contribution in [0.15, 0.2) is 12.2 Å². The molecule has 0 heterocycles. The number of nitrogens with zero attached hydrogens (tertiary/aromatic N) is 1. The lowest BCUT2D eigenvalue weighted by atomic mass is 9.99. The number of hydrogen-bond donors (Lipinski definition) is 0. The molecule has 0 fully saturated rings. The van der Waals surface area contributed by atoms with E-state index in [9.17, 15) is 9.46 Å². The van der Waals surface area contributed by atoms with E-state index in [-0.39, 0.29) is 0 Å². The fraction of sp³-hybridized carbons (Fsp3) is 0.935. The zero-order valence-electron chi connectivity index (χ0n) is 24.6. The Balaban J connectivity index is 3.56. The molecule has 0 amide bonds. The maximum atomic E-state index is 12.1. The lowest BCUT2D eigenvalue weighted by Crippen LogP contribution is -2.55. The Hall–Kier alpha value is -0.240. The summed E-state index contributed by atoms with van der Waals surface area (Å²) >= 11 is 0. The van der Waals surface area contributed by atoms with Crippen molar-refractivity contribution in [2.45, 2.75) is 167 Å². The number of rotatable bonds is 26. The first kappa shape index (κ1) is 34.8. The molecule has 0 radical (unpaired) electrons. The van der Waals surface area contributed by atoms with Gasteiger partial charge in [-0.1, -0.05) is 127 Å². The van der Waals surface area contributed by atoms with E-state index < -0.39 is 13.3 Å². The van der Waals surface area contributed by atoms with Gasteiger partial charge in [-0.2, -0.15) is 0 Å². The third kappa shape index (κ3) is 17.8. The highest BCUT2D eigenvalue weighted by Gasteiger charge is 2.53. The van der Waals surface area contributed by atoms with E-state index in [1.807, 2.05) is 21.1 Å². The van der Waals surface area contributed by atoms with Crippen molar-refractivity contribution in [3.63, 3.8) is 0 Å². The minimum Gasteiger partial charge on any atom is -0.590 e. The Morgan fingerprint density at radius 3 is 1.29 bits per heavy atom. The Bertz CT molecular complexity index is 515. The van der Waals surface area contributed by atoms with Crippen molar-refractivity contribution in [3.8, 4) is 0 Å². The molecule has 2 unspecified atom stereocenters. The first-order valence-electron chi connectivity index (χ1n) is 15.4. The van der Waals surface area contributed by atoms with Crippen LogP contribution >= 0.6 is 8.03 Å². The van der Waals surface area contributed by atoms with Gasteiger partial charge in [0.25, 0.3) is 5.28 Å². The van der Waals surface area contributed by atoms with Gasteiger partial charge in [-0.3, -0.25) is 4.48 Å². The Morgan fingerprint density at radius 1 is 0.571 bits per heavy atom. The van der Waals surface area contributed by atoms with Crippen molar-refractivity contribution in [1.29, 1.82) is 0 Å². The smallest absolute Gasteiger partial charge is 0.376 e. The molecule has 2 atom stereocenters.